The smallest absolute Gasteiger partial charge is 0.352 e. The van der Waals surface area contributed by atoms with Crippen LogP contribution in [0.25, 0.3) is 0 Å². The SMILES string of the molecule is Cc1ccc(NC(=O)N2CCC[C@@H](CCC(=O)NCc3ccc(C(F)(F)F)cc3)C2)cc1. The van der Waals surface area contributed by atoms with Crippen molar-refractivity contribution >= 4 is 17.6 Å². The summed E-state index contributed by atoms with van der Waals surface area (Å²) >= 11 is 0. The van der Waals surface area contributed by atoms with Crippen molar-refractivity contribution in [2.75, 3.05) is 18.4 Å². The van der Waals surface area contributed by atoms with E-state index in [0.717, 1.165) is 36.2 Å². The van der Waals surface area contributed by atoms with Gasteiger partial charge >= 0.3 is 12.2 Å². The van der Waals surface area contributed by atoms with Crippen LogP contribution in [0.15, 0.2) is 48.5 Å². The Morgan fingerprint density at radius 3 is 2.41 bits per heavy atom. The summed E-state index contributed by atoms with van der Waals surface area (Å²) in [4.78, 5) is 26.5. The number of piperidine rings is 1. The third-order valence-electron chi connectivity index (χ3n) is 5.66. The van der Waals surface area contributed by atoms with E-state index in [1.807, 2.05) is 31.2 Å². The maximum atomic E-state index is 12.6. The molecule has 1 aliphatic rings. The van der Waals surface area contributed by atoms with E-state index in [1.54, 1.807) is 4.90 Å². The van der Waals surface area contributed by atoms with E-state index < -0.39 is 11.7 Å². The Morgan fingerprint density at radius 2 is 1.75 bits per heavy atom. The average Bonchev–Trinajstić information content (AvgIpc) is 2.77. The number of likely N-dealkylation sites (tertiary alicyclic amines) is 1. The number of aryl methyl sites for hydroxylation is 1. The molecule has 2 aromatic rings. The monoisotopic (exact) mass is 447 g/mol. The number of hydrogen-bond acceptors (Lipinski definition) is 2. The average molecular weight is 448 g/mol. The van der Waals surface area contributed by atoms with E-state index in [0.29, 0.717) is 31.5 Å². The summed E-state index contributed by atoms with van der Waals surface area (Å²) in [7, 11) is 0. The molecule has 1 aliphatic heterocycles. The lowest BCUT2D eigenvalue weighted by Crippen LogP contribution is -2.42. The molecule has 3 rings (SSSR count). The second-order valence-electron chi connectivity index (χ2n) is 8.26. The van der Waals surface area contributed by atoms with Crippen LogP contribution in [0, 0.1) is 12.8 Å². The molecule has 0 unspecified atom stereocenters. The molecule has 2 aromatic carbocycles. The molecule has 0 aromatic heterocycles. The van der Waals surface area contributed by atoms with Gasteiger partial charge in [0, 0.05) is 31.7 Å². The lowest BCUT2D eigenvalue weighted by atomic mass is 9.93. The quantitative estimate of drug-likeness (QED) is 0.627. The molecule has 1 heterocycles. The van der Waals surface area contributed by atoms with Crippen molar-refractivity contribution in [3.05, 3.63) is 65.2 Å². The first-order chi connectivity index (χ1) is 15.2. The molecule has 0 bridgehead atoms. The molecule has 1 fully saturated rings. The first kappa shape index (κ1) is 23.6. The van der Waals surface area contributed by atoms with Crippen LogP contribution < -0.4 is 10.6 Å². The van der Waals surface area contributed by atoms with Crippen LogP contribution in [0.3, 0.4) is 0 Å². The maximum Gasteiger partial charge on any atom is 0.416 e. The summed E-state index contributed by atoms with van der Waals surface area (Å²) < 4.78 is 37.8. The number of rotatable bonds is 6. The number of nitrogens with one attached hydrogen (secondary N) is 2. The van der Waals surface area contributed by atoms with Crippen LogP contribution in [0.4, 0.5) is 23.7 Å². The van der Waals surface area contributed by atoms with Gasteiger partial charge < -0.3 is 15.5 Å². The maximum absolute atomic E-state index is 12.6. The second-order valence-corrected chi connectivity index (χ2v) is 8.26. The number of amides is 3. The van der Waals surface area contributed by atoms with Gasteiger partial charge in [0.1, 0.15) is 0 Å². The van der Waals surface area contributed by atoms with Crippen LogP contribution in [0.2, 0.25) is 0 Å². The van der Waals surface area contributed by atoms with Crippen molar-refractivity contribution < 1.29 is 22.8 Å². The minimum Gasteiger partial charge on any atom is -0.352 e. The predicted octanol–water partition coefficient (Wildman–Crippen LogP) is 5.35. The number of nitrogens with zero attached hydrogens (tertiary/aromatic N) is 1. The molecule has 0 spiro atoms. The molecule has 0 saturated carbocycles. The number of anilines is 1. The zero-order valence-electron chi connectivity index (χ0n) is 18.0. The number of hydrogen-bond donors (Lipinski definition) is 2. The van der Waals surface area contributed by atoms with Crippen molar-refractivity contribution in [2.45, 2.75) is 45.3 Å². The third kappa shape index (κ3) is 7.00. The van der Waals surface area contributed by atoms with E-state index in [-0.39, 0.29) is 24.4 Å². The number of carbonyl (C=O) groups is 2. The van der Waals surface area contributed by atoms with Gasteiger partial charge in [-0.05, 0) is 61.9 Å². The molecular weight excluding hydrogens is 419 g/mol. The molecule has 0 aliphatic carbocycles. The molecule has 172 valence electrons. The zero-order chi connectivity index (χ0) is 23.1. The van der Waals surface area contributed by atoms with Gasteiger partial charge in [-0.25, -0.2) is 4.79 Å². The Kier molecular flexibility index (Phi) is 7.77. The van der Waals surface area contributed by atoms with Crippen molar-refractivity contribution in [1.82, 2.24) is 10.2 Å². The lowest BCUT2D eigenvalue weighted by molar-refractivity contribution is -0.137. The third-order valence-corrected chi connectivity index (χ3v) is 5.66. The highest BCUT2D eigenvalue weighted by Crippen LogP contribution is 2.29. The molecule has 1 saturated heterocycles. The largest absolute Gasteiger partial charge is 0.416 e. The molecule has 32 heavy (non-hydrogen) atoms. The fourth-order valence-electron chi connectivity index (χ4n) is 3.76. The van der Waals surface area contributed by atoms with Crippen molar-refractivity contribution in [1.29, 1.82) is 0 Å². The minimum atomic E-state index is -4.37. The van der Waals surface area contributed by atoms with Crippen molar-refractivity contribution in [2.24, 2.45) is 5.92 Å². The molecule has 0 radical (unpaired) electrons. The van der Waals surface area contributed by atoms with E-state index in [1.165, 1.54) is 12.1 Å². The highest BCUT2D eigenvalue weighted by molar-refractivity contribution is 5.89. The number of urea groups is 1. The van der Waals surface area contributed by atoms with Crippen LogP contribution in [-0.4, -0.2) is 29.9 Å². The predicted molar refractivity (Wildman–Crippen MR) is 117 cm³/mol. The van der Waals surface area contributed by atoms with Crippen molar-refractivity contribution in [3.63, 3.8) is 0 Å². The first-order valence-corrected chi connectivity index (χ1v) is 10.8. The summed E-state index contributed by atoms with van der Waals surface area (Å²) in [5.41, 5.74) is 1.78. The topological polar surface area (TPSA) is 61.4 Å². The number of alkyl halides is 3. The van der Waals surface area contributed by atoms with Gasteiger partial charge in [-0.3, -0.25) is 4.79 Å². The Morgan fingerprint density at radius 1 is 1.06 bits per heavy atom. The summed E-state index contributed by atoms with van der Waals surface area (Å²) in [5, 5.41) is 5.67. The van der Waals surface area contributed by atoms with E-state index in [4.69, 9.17) is 0 Å². The van der Waals surface area contributed by atoms with E-state index in [9.17, 15) is 22.8 Å². The van der Waals surface area contributed by atoms with E-state index >= 15 is 0 Å². The molecule has 3 amide bonds. The molecule has 8 heteroatoms. The van der Waals surface area contributed by atoms with Crippen LogP contribution in [-0.2, 0) is 17.5 Å². The van der Waals surface area contributed by atoms with E-state index in [2.05, 4.69) is 10.6 Å². The van der Waals surface area contributed by atoms with Gasteiger partial charge in [0.2, 0.25) is 5.91 Å². The van der Waals surface area contributed by atoms with Crippen LogP contribution in [0.5, 0.6) is 0 Å². The Balaban J connectivity index is 1.40. The van der Waals surface area contributed by atoms with Crippen molar-refractivity contribution in [3.8, 4) is 0 Å². The van der Waals surface area contributed by atoms with Gasteiger partial charge in [-0.15, -0.1) is 0 Å². The fraction of sp³-hybridized carbons (Fsp3) is 0.417. The summed E-state index contributed by atoms with van der Waals surface area (Å²) in [6.45, 7) is 3.46. The standard InChI is InChI=1S/C24H28F3N3O2/c1-17-4-11-21(12-5-17)29-23(32)30-14-2-3-19(16-30)8-13-22(31)28-15-18-6-9-20(10-7-18)24(25,26)27/h4-7,9-12,19H,2-3,8,13-16H2,1H3,(H,28,31)(H,29,32)/t19-/m0/s1. The van der Waals surface area contributed by atoms with Crippen LogP contribution >= 0.6 is 0 Å². The van der Waals surface area contributed by atoms with Gasteiger partial charge in [0.15, 0.2) is 0 Å². The molecular formula is C24H28F3N3O2. The Hall–Kier alpha value is -3.03. The summed E-state index contributed by atoms with van der Waals surface area (Å²) in [6.07, 6.45) is -1.54. The number of halogens is 3. The molecule has 1 atom stereocenters. The van der Waals surface area contributed by atoms with Gasteiger partial charge in [0.25, 0.3) is 0 Å². The minimum absolute atomic E-state index is 0.134. The second kappa shape index (κ2) is 10.5. The number of carbonyl (C=O) groups excluding carboxylic acids is 2. The Bertz CT molecular complexity index is 912. The highest BCUT2D eigenvalue weighted by atomic mass is 19.4. The molecule has 5 nitrogen and oxygen atoms in total. The summed E-state index contributed by atoms with van der Waals surface area (Å²) in [5.74, 6) is 0.0930. The first-order valence-electron chi connectivity index (χ1n) is 10.8. The molecule has 2 N–H and O–H groups in total. The fourth-order valence-corrected chi connectivity index (χ4v) is 3.76. The number of benzene rings is 2. The van der Waals surface area contributed by atoms with Gasteiger partial charge in [0.05, 0.1) is 5.56 Å². The highest BCUT2D eigenvalue weighted by Gasteiger charge is 2.30. The van der Waals surface area contributed by atoms with Gasteiger partial charge in [-0.2, -0.15) is 13.2 Å². The lowest BCUT2D eigenvalue weighted by Gasteiger charge is -2.32. The Labute approximate surface area is 186 Å². The van der Waals surface area contributed by atoms with Gasteiger partial charge in [-0.1, -0.05) is 29.8 Å². The van der Waals surface area contributed by atoms with Crippen LogP contribution in [0.1, 0.15) is 42.4 Å². The zero-order valence-corrected chi connectivity index (χ0v) is 18.0. The normalized spacial score (nSPS) is 16.5. The summed E-state index contributed by atoms with van der Waals surface area (Å²) in [6, 6.07) is 12.3.